The van der Waals surface area contributed by atoms with E-state index in [0.717, 1.165) is 25.9 Å². The Bertz CT molecular complexity index is 540. The Balaban J connectivity index is 2.19. The summed E-state index contributed by atoms with van der Waals surface area (Å²) < 4.78 is 0. The van der Waals surface area contributed by atoms with Crippen molar-refractivity contribution in [1.29, 1.82) is 5.26 Å². The smallest absolute Gasteiger partial charge is 0.263 e. The molecule has 2 rings (SSSR count). The number of nitriles is 1. The molecule has 0 bridgehead atoms. The Labute approximate surface area is 122 Å². The van der Waals surface area contributed by atoms with E-state index in [0.29, 0.717) is 21.5 Å². The van der Waals surface area contributed by atoms with Crippen molar-refractivity contribution >= 4 is 27.9 Å². The number of nitrogens with one attached hydrogen (secondary N) is 2. The maximum Gasteiger partial charge on any atom is 0.263 e. The standard InChI is InChI=1S/C13H19N5OS/c1-16-12(19)11-10(15)9(7-14)13(20-11)17-8-3-5-18(2)6-4-8/h8,17H,3-6,15H2,1-2H3,(H,16,19). The first-order valence-corrected chi connectivity index (χ1v) is 7.38. The van der Waals surface area contributed by atoms with Crippen LogP contribution in [0.1, 0.15) is 28.1 Å². The second kappa shape index (κ2) is 6.11. The molecule has 7 heteroatoms. The van der Waals surface area contributed by atoms with Gasteiger partial charge in [0, 0.05) is 13.1 Å². The number of piperidine rings is 1. The third-order valence-electron chi connectivity index (χ3n) is 3.54. The number of rotatable bonds is 3. The first-order valence-electron chi connectivity index (χ1n) is 6.56. The van der Waals surface area contributed by atoms with Gasteiger partial charge in [-0.15, -0.1) is 11.3 Å². The number of amides is 1. The van der Waals surface area contributed by atoms with E-state index in [1.54, 1.807) is 7.05 Å². The molecule has 20 heavy (non-hydrogen) atoms. The van der Waals surface area contributed by atoms with Gasteiger partial charge in [-0.25, -0.2) is 0 Å². The first-order chi connectivity index (χ1) is 9.56. The van der Waals surface area contributed by atoms with Gasteiger partial charge in [-0.05, 0) is 33.0 Å². The summed E-state index contributed by atoms with van der Waals surface area (Å²) in [6.45, 7) is 2.06. The number of nitrogens with two attached hydrogens (primary N) is 1. The average Bonchev–Trinajstić information content (AvgIpc) is 2.76. The number of carbonyl (C=O) groups is 1. The van der Waals surface area contributed by atoms with Crippen molar-refractivity contribution < 1.29 is 4.79 Å². The van der Waals surface area contributed by atoms with E-state index >= 15 is 0 Å². The van der Waals surface area contributed by atoms with Crippen LogP contribution >= 0.6 is 11.3 Å². The lowest BCUT2D eigenvalue weighted by molar-refractivity contribution is 0.0968. The third kappa shape index (κ3) is 2.86. The van der Waals surface area contributed by atoms with E-state index in [-0.39, 0.29) is 11.6 Å². The topological polar surface area (TPSA) is 94.2 Å². The van der Waals surface area contributed by atoms with Crippen LogP contribution in [0.15, 0.2) is 0 Å². The molecule has 4 N–H and O–H groups in total. The van der Waals surface area contributed by atoms with E-state index in [9.17, 15) is 10.1 Å². The minimum absolute atomic E-state index is 0.250. The van der Waals surface area contributed by atoms with Crippen molar-refractivity contribution in [3.8, 4) is 6.07 Å². The minimum atomic E-state index is -0.250. The van der Waals surface area contributed by atoms with E-state index in [4.69, 9.17) is 5.73 Å². The summed E-state index contributed by atoms with van der Waals surface area (Å²) in [7, 11) is 3.65. The van der Waals surface area contributed by atoms with Crippen LogP contribution in [0.2, 0.25) is 0 Å². The van der Waals surface area contributed by atoms with Crippen molar-refractivity contribution in [2.45, 2.75) is 18.9 Å². The van der Waals surface area contributed by atoms with Crippen LogP contribution in [-0.4, -0.2) is 44.0 Å². The Kier molecular flexibility index (Phi) is 4.47. The summed E-state index contributed by atoms with van der Waals surface area (Å²) in [5.74, 6) is -0.250. The van der Waals surface area contributed by atoms with Crippen molar-refractivity contribution in [1.82, 2.24) is 10.2 Å². The summed E-state index contributed by atoms with van der Waals surface area (Å²) in [6, 6.07) is 2.42. The Morgan fingerprint density at radius 3 is 2.70 bits per heavy atom. The predicted octanol–water partition coefficient (Wildman–Crippen LogP) is 1.07. The van der Waals surface area contributed by atoms with Crippen molar-refractivity contribution in [3.05, 3.63) is 10.4 Å². The van der Waals surface area contributed by atoms with Crippen molar-refractivity contribution in [2.24, 2.45) is 0 Å². The monoisotopic (exact) mass is 293 g/mol. The summed E-state index contributed by atoms with van der Waals surface area (Å²) in [4.78, 5) is 14.4. The van der Waals surface area contributed by atoms with Crippen molar-refractivity contribution in [2.75, 3.05) is 38.2 Å². The molecular formula is C13H19N5OS. The lowest BCUT2D eigenvalue weighted by atomic mass is 10.1. The van der Waals surface area contributed by atoms with Gasteiger partial charge in [0.15, 0.2) is 0 Å². The lowest BCUT2D eigenvalue weighted by Crippen LogP contribution is -2.36. The number of anilines is 2. The van der Waals surface area contributed by atoms with Gasteiger partial charge in [-0.2, -0.15) is 5.26 Å². The summed E-state index contributed by atoms with van der Waals surface area (Å²) in [6.07, 6.45) is 2.04. The van der Waals surface area contributed by atoms with Crippen LogP contribution < -0.4 is 16.4 Å². The van der Waals surface area contributed by atoms with Crippen molar-refractivity contribution in [3.63, 3.8) is 0 Å². The van der Waals surface area contributed by atoms with E-state index in [2.05, 4.69) is 28.7 Å². The minimum Gasteiger partial charge on any atom is -0.396 e. The number of hydrogen-bond donors (Lipinski definition) is 3. The highest BCUT2D eigenvalue weighted by Gasteiger charge is 2.23. The number of likely N-dealkylation sites (tertiary alicyclic amines) is 1. The molecule has 0 aromatic carbocycles. The lowest BCUT2D eigenvalue weighted by Gasteiger charge is -2.29. The normalized spacial score (nSPS) is 16.6. The van der Waals surface area contributed by atoms with Gasteiger partial charge in [-0.1, -0.05) is 0 Å². The van der Waals surface area contributed by atoms with Crippen LogP contribution in [0.4, 0.5) is 10.7 Å². The Morgan fingerprint density at radius 2 is 2.15 bits per heavy atom. The third-order valence-corrected chi connectivity index (χ3v) is 4.68. The zero-order valence-electron chi connectivity index (χ0n) is 11.7. The fourth-order valence-corrected chi connectivity index (χ4v) is 3.37. The molecule has 6 nitrogen and oxygen atoms in total. The molecule has 1 fully saturated rings. The van der Waals surface area contributed by atoms with Crippen LogP contribution in [0, 0.1) is 11.3 Å². The van der Waals surface area contributed by atoms with Gasteiger partial charge in [0.2, 0.25) is 0 Å². The zero-order chi connectivity index (χ0) is 14.7. The summed E-state index contributed by atoms with van der Waals surface area (Å²) in [5.41, 5.74) is 6.55. The molecule has 0 saturated carbocycles. The van der Waals surface area contributed by atoms with E-state index in [1.807, 2.05) is 0 Å². The molecule has 108 valence electrons. The summed E-state index contributed by atoms with van der Waals surface area (Å²) in [5, 5.41) is 15.9. The molecule has 1 aromatic heterocycles. The quantitative estimate of drug-likeness (QED) is 0.775. The van der Waals surface area contributed by atoms with Crippen LogP contribution in [0.25, 0.3) is 0 Å². The molecule has 2 heterocycles. The van der Waals surface area contributed by atoms with Gasteiger partial charge in [0.1, 0.15) is 21.5 Å². The van der Waals surface area contributed by atoms with E-state index in [1.165, 1.54) is 11.3 Å². The molecular weight excluding hydrogens is 274 g/mol. The highest BCUT2D eigenvalue weighted by Crippen LogP contribution is 2.36. The molecule has 1 aliphatic rings. The maximum atomic E-state index is 11.7. The van der Waals surface area contributed by atoms with Gasteiger partial charge >= 0.3 is 0 Å². The first kappa shape index (κ1) is 14.6. The number of thiophene rings is 1. The molecule has 0 atom stereocenters. The van der Waals surface area contributed by atoms with Gasteiger partial charge in [-0.3, -0.25) is 4.79 Å². The number of carbonyl (C=O) groups excluding carboxylic acids is 1. The Hall–Kier alpha value is -1.78. The largest absolute Gasteiger partial charge is 0.396 e. The van der Waals surface area contributed by atoms with Gasteiger partial charge in [0.05, 0.1) is 5.69 Å². The number of hydrogen-bond acceptors (Lipinski definition) is 6. The van der Waals surface area contributed by atoms with Gasteiger partial charge < -0.3 is 21.3 Å². The molecule has 0 radical (unpaired) electrons. The zero-order valence-corrected chi connectivity index (χ0v) is 12.5. The molecule has 1 aromatic rings. The summed E-state index contributed by atoms with van der Waals surface area (Å²) >= 11 is 1.25. The molecule has 1 aliphatic heterocycles. The van der Waals surface area contributed by atoms with E-state index < -0.39 is 0 Å². The van der Waals surface area contributed by atoms with Gasteiger partial charge in [0.25, 0.3) is 5.91 Å². The highest BCUT2D eigenvalue weighted by molar-refractivity contribution is 7.18. The SMILES string of the molecule is CNC(=O)c1sc(NC2CCN(C)CC2)c(C#N)c1N. The predicted molar refractivity (Wildman–Crippen MR) is 81.0 cm³/mol. The average molecular weight is 293 g/mol. The number of nitrogen functional groups attached to an aromatic ring is 1. The van der Waals surface area contributed by atoms with Crippen LogP contribution in [0.5, 0.6) is 0 Å². The fraction of sp³-hybridized carbons (Fsp3) is 0.538. The highest BCUT2D eigenvalue weighted by atomic mass is 32.1. The van der Waals surface area contributed by atoms with Crippen LogP contribution in [0.3, 0.4) is 0 Å². The molecule has 0 aliphatic carbocycles. The maximum absolute atomic E-state index is 11.7. The molecule has 1 amide bonds. The number of nitrogens with zero attached hydrogens (tertiary/aromatic N) is 2. The van der Waals surface area contributed by atoms with Crippen LogP contribution in [-0.2, 0) is 0 Å². The molecule has 0 spiro atoms. The second-order valence-corrected chi connectivity index (χ2v) is 5.98. The Morgan fingerprint density at radius 1 is 1.50 bits per heavy atom. The molecule has 0 unspecified atom stereocenters. The fourth-order valence-electron chi connectivity index (χ4n) is 2.28. The molecule has 1 saturated heterocycles. The second-order valence-electron chi connectivity index (χ2n) is 4.96.